The average Bonchev–Trinajstić information content (AvgIpc) is 3.13. The second-order valence-corrected chi connectivity index (χ2v) is 6.75. The first-order valence-electron chi connectivity index (χ1n) is 6.89. The first-order chi connectivity index (χ1) is 7.86. The summed E-state index contributed by atoms with van der Waals surface area (Å²) in [5.74, 6) is 3.25. The molecule has 0 aromatic rings. The van der Waals surface area contributed by atoms with Gasteiger partial charge in [-0.1, -0.05) is 6.92 Å². The fraction of sp³-hybridized carbons (Fsp3) is 1.00. The van der Waals surface area contributed by atoms with Gasteiger partial charge in [-0.15, -0.1) is 0 Å². The summed E-state index contributed by atoms with van der Waals surface area (Å²) in [5, 5.41) is 7.95. The zero-order chi connectivity index (χ0) is 11.2. The van der Waals surface area contributed by atoms with Crippen LogP contribution in [-0.4, -0.2) is 37.2 Å². The van der Waals surface area contributed by atoms with Gasteiger partial charge in [0, 0.05) is 17.5 Å². The predicted octanol–water partition coefficient (Wildman–Crippen LogP) is 2.11. The van der Waals surface area contributed by atoms with E-state index in [1.54, 1.807) is 0 Å². The molecule has 1 saturated carbocycles. The summed E-state index contributed by atoms with van der Waals surface area (Å²) in [6.45, 7) is 7.28. The second kappa shape index (κ2) is 6.87. The van der Waals surface area contributed by atoms with Crippen molar-refractivity contribution in [1.82, 2.24) is 10.6 Å². The van der Waals surface area contributed by atoms with E-state index in [2.05, 4.69) is 29.3 Å². The van der Waals surface area contributed by atoms with E-state index in [0.29, 0.717) is 0 Å². The Morgan fingerprint density at radius 1 is 1.25 bits per heavy atom. The quantitative estimate of drug-likeness (QED) is 0.669. The standard InChI is InChI=1S/C13H26N2S/c1-11(12-2-3-12)10-15-8-9-16-13-4-6-14-7-5-13/h11-15H,2-10H2,1H3. The van der Waals surface area contributed by atoms with E-state index < -0.39 is 0 Å². The van der Waals surface area contributed by atoms with Gasteiger partial charge in [0.2, 0.25) is 0 Å². The zero-order valence-corrected chi connectivity index (χ0v) is 11.3. The van der Waals surface area contributed by atoms with Gasteiger partial charge in [-0.05, 0) is 57.2 Å². The maximum absolute atomic E-state index is 3.61. The van der Waals surface area contributed by atoms with Gasteiger partial charge in [-0.3, -0.25) is 0 Å². The first kappa shape index (κ1) is 12.7. The van der Waals surface area contributed by atoms with Crippen LogP contribution >= 0.6 is 11.8 Å². The van der Waals surface area contributed by atoms with Gasteiger partial charge in [-0.2, -0.15) is 11.8 Å². The maximum Gasteiger partial charge on any atom is 0.00716 e. The molecule has 1 aliphatic heterocycles. The van der Waals surface area contributed by atoms with E-state index >= 15 is 0 Å². The SMILES string of the molecule is CC(CNCCSC1CCNCC1)C1CC1. The molecular formula is C13H26N2S. The molecular weight excluding hydrogens is 216 g/mol. The van der Waals surface area contributed by atoms with Gasteiger partial charge < -0.3 is 10.6 Å². The number of hydrogen-bond donors (Lipinski definition) is 2. The molecule has 1 unspecified atom stereocenters. The van der Waals surface area contributed by atoms with Crippen molar-refractivity contribution < 1.29 is 0 Å². The Morgan fingerprint density at radius 3 is 2.69 bits per heavy atom. The third-order valence-electron chi connectivity index (χ3n) is 3.81. The highest BCUT2D eigenvalue weighted by molar-refractivity contribution is 7.99. The van der Waals surface area contributed by atoms with Gasteiger partial charge in [0.1, 0.15) is 0 Å². The van der Waals surface area contributed by atoms with Crippen LogP contribution in [0.4, 0.5) is 0 Å². The van der Waals surface area contributed by atoms with Crippen molar-refractivity contribution >= 4 is 11.8 Å². The van der Waals surface area contributed by atoms with E-state index in [0.717, 1.165) is 17.1 Å². The third kappa shape index (κ3) is 4.64. The van der Waals surface area contributed by atoms with E-state index in [1.807, 2.05) is 0 Å². The highest BCUT2D eigenvalue weighted by Crippen LogP contribution is 2.36. The molecule has 1 heterocycles. The molecule has 0 bridgehead atoms. The molecule has 1 aliphatic carbocycles. The summed E-state index contributed by atoms with van der Waals surface area (Å²) < 4.78 is 0. The molecule has 2 N–H and O–H groups in total. The summed E-state index contributed by atoms with van der Waals surface area (Å²) in [6, 6.07) is 0. The van der Waals surface area contributed by atoms with E-state index in [4.69, 9.17) is 0 Å². The van der Waals surface area contributed by atoms with Crippen LogP contribution in [0.3, 0.4) is 0 Å². The summed E-state index contributed by atoms with van der Waals surface area (Å²) in [6.07, 6.45) is 5.69. The fourth-order valence-corrected chi connectivity index (χ4v) is 3.59. The van der Waals surface area contributed by atoms with Crippen LogP contribution < -0.4 is 10.6 Å². The number of rotatable bonds is 7. The van der Waals surface area contributed by atoms with Crippen LogP contribution in [0.2, 0.25) is 0 Å². The number of piperidine rings is 1. The molecule has 2 fully saturated rings. The molecule has 2 rings (SSSR count). The molecule has 0 radical (unpaired) electrons. The van der Waals surface area contributed by atoms with Crippen molar-refractivity contribution in [2.24, 2.45) is 11.8 Å². The van der Waals surface area contributed by atoms with E-state index in [-0.39, 0.29) is 0 Å². The maximum atomic E-state index is 3.61. The monoisotopic (exact) mass is 242 g/mol. The topological polar surface area (TPSA) is 24.1 Å². The van der Waals surface area contributed by atoms with Crippen molar-refractivity contribution in [3.8, 4) is 0 Å². The van der Waals surface area contributed by atoms with Gasteiger partial charge in [0.25, 0.3) is 0 Å². The summed E-state index contributed by atoms with van der Waals surface area (Å²) in [5.41, 5.74) is 0. The largest absolute Gasteiger partial charge is 0.317 e. The van der Waals surface area contributed by atoms with Gasteiger partial charge in [-0.25, -0.2) is 0 Å². The van der Waals surface area contributed by atoms with Crippen LogP contribution in [0, 0.1) is 11.8 Å². The zero-order valence-electron chi connectivity index (χ0n) is 10.5. The van der Waals surface area contributed by atoms with Gasteiger partial charge >= 0.3 is 0 Å². The first-order valence-corrected chi connectivity index (χ1v) is 7.94. The lowest BCUT2D eigenvalue weighted by Crippen LogP contribution is -2.30. The Hall–Kier alpha value is 0.270. The molecule has 1 atom stereocenters. The Kier molecular flexibility index (Phi) is 5.46. The normalized spacial score (nSPS) is 24.6. The second-order valence-electron chi connectivity index (χ2n) is 5.34. The number of hydrogen-bond acceptors (Lipinski definition) is 3. The lowest BCUT2D eigenvalue weighted by molar-refractivity contribution is 0.470. The van der Waals surface area contributed by atoms with Crippen molar-refractivity contribution in [1.29, 1.82) is 0 Å². The molecule has 0 amide bonds. The van der Waals surface area contributed by atoms with Crippen molar-refractivity contribution in [2.75, 3.05) is 31.9 Å². The van der Waals surface area contributed by atoms with Gasteiger partial charge in [0.15, 0.2) is 0 Å². The fourth-order valence-electron chi connectivity index (χ4n) is 2.42. The Balaban J connectivity index is 1.42. The van der Waals surface area contributed by atoms with Crippen LogP contribution in [-0.2, 0) is 0 Å². The minimum Gasteiger partial charge on any atom is -0.317 e. The minimum absolute atomic E-state index is 0.906. The van der Waals surface area contributed by atoms with E-state index in [9.17, 15) is 0 Å². The third-order valence-corrected chi connectivity index (χ3v) is 5.19. The smallest absolute Gasteiger partial charge is 0.00716 e. The molecule has 94 valence electrons. The molecule has 3 heteroatoms. The molecule has 0 aromatic heterocycles. The van der Waals surface area contributed by atoms with E-state index in [1.165, 1.54) is 57.6 Å². The van der Waals surface area contributed by atoms with Crippen LogP contribution in [0.1, 0.15) is 32.6 Å². The minimum atomic E-state index is 0.906. The average molecular weight is 242 g/mol. The molecule has 0 spiro atoms. The molecule has 2 nitrogen and oxygen atoms in total. The number of thioether (sulfide) groups is 1. The molecule has 0 aromatic carbocycles. The van der Waals surface area contributed by atoms with Crippen LogP contribution in [0.15, 0.2) is 0 Å². The molecule has 16 heavy (non-hydrogen) atoms. The molecule has 2 aliphatic rings. The van der Waals surface area contributed by atoms with Crippen molar-refractivity contribution in [3.63, 3.8) is 0 Å². The van der Waals surface area contributed by atoms with Gasteiger partial charge in [0.05, 0.1) is 0 Å². The van der Waals surface area contributed by atoms with Crippen LogP contribution in [0.25, 0.3) is 0 Å². The van der Waals surface area contributed by atoms with Crippen molar-refractivity contribution in [3.05, 3.63) is 0 Å². The highest BCUT2D eigenvalue weighted by atomic mass is 32.2. The van der Waals surface area contributed by atoms with Crippen LogP contribution in [0.5, 0.6) is 0 Å². The Morgan fingerprint density at radius 2 is 2.00 bits per heavy atom. The van der Waals surface area contributed by atoms with Crippen molar-refractivity contribution in [2.45, 2.75) is 37.9 Å². The Bertz CT molecular complexity index is 188. The lowest BCUT2D eigenvalue weighted by atomic mass is 10.1. The summed E-state index contributed by atoms with van der Waals surface area (Å²) in [7, 11) is 0. The highest BCUT2D eigenvalue weighted by Gasteiger charge is 2.27. The molecule has 1 saturated heterocycles. The predicted molar refractivity (Wildman–Crippen MR) is 73.1 cm³/mol. The number of nitrogens with one attached hydrogen (secondary N) is 2. The Labute approximate surface area is 104 Å². The summed E-state index contributed by atoms with van der Waals surface area (Å²) in [4.78, 5) is 0. The lowest BCUT2D eigenvalue weighted by Gasteiger charge is -2.22. The summed E-state index contributed by atoms with van der Waals surface area (Å²) >= 11 is 2.17.